The summed E-state index contributed by atoms with van der Waals surface area (Å²) in [4.78, 5) is -0.132. The molecule has 1 aromatic carbocycles. The molecule has 2 N–H and O–H groups in total. The van der Waals surface area contributed by atoms with E-state index in [0.717, 1.165) is 18.2 Å². The smallest absolute Gasteiger partial charge is 0.242 e. The molecule has 19 heavy (non-hydrogen) atoms. The molecule has 0 atom stereocenters. The highest BCUT2D eigenvalue weighted by Gasteiger charge is 2.17. The van der Waals surface area contributed by atoms with E-state index in [1.807, 2.05) is 0 Å². The fraction of sp³-hybridized carbons (Fsp3) is 0.455. The van der Waals surface area contributed by atoms with Crippen LogP contribution in [0.2, 0.25) is 5.02 Å². The average Bonchev–Trinajstić information content (AvgIpc) is 2.33. The van der Waals surface area contributed by atoms with Crippen molar-refractivity contribution in [3.63, 3.8) is 0 Å². The van der Waals surface area contributed by atoms with E-state index in [4.69, 9.17) is 16.3 Å². The molecule has 0 saturated carbocycles. The molecule has 0 fully saturated rings. The Balaban J connectivity index is 2.52. The second kappa shape index (κ2) is 7.76. The summed E-state index contributed by atoms with van der Waals surface area (Å²) in [5.74, 6) is -0.579. The van der Waals surface area contributed by atoms with Crippen LogP contribution in [0.15, 0.2) is 23.1 Å². The molecule has 0 radical (unpaired) electrons. The van der Waals surface area contributed by atoms with Gasteiger partial charge in [-0.1, -0.05) is 11.6 Å². The molecule has 0 saturated heterocycles. The lowest BCUT2D eigenvalue weighted by molar-refractivity contribution is 0.199. The molecule has 0 aliphatic heterocycles. The van der Waals surface area contributed by atoms with Gasteiger partial charge in [-0.05, 0) is 18.2 Å². The zero-order valence-corrected chi connectivity index (χ0v) is 12.0. The first-order valence-corrected chi connectivity index (χ1v) is 7.48. The number of ether oxygens (including phenoxy) is 1. The summed E-state index contributed by atoms with van der Waals surface area (Å²) >= 11 is 5.70. The van der Waals surface area contributed by atoms with Crippen LogP contribution < -0.4 is 10.0 Å². The van der Waals surface area contributed by atoms with Crippen molar-refractivity contribution in [3.05, 3.63) is 29.0 Å². The van der Waals surface area contributed by atoms with Crippen molar-refractivity contribution in [3.8, 4) is 0 Å². The van der Waals surface area contributed by atoms with Gasteiger partial charge in [-0.2, -0.15) is 0 Å². The lowest BCUT2D eigenvalue weighted by Crippen LogP contribution is -2.33. The minimum Gasteiger partial charge on any atom is -0.383 e. The number of hydrogen-bond donors (Lipinski definition) is 2. The Morgan fingerprint density at radius 3 is 2.68 bits per heavy atom. The van der Waals surface area contributed by atoms with Crippen LogP contribution in [-0.2, 0) is 14.8 Å². The fourth-order valence-electron chi connectivity index (χ4n) is 1.34. The quantitative estimate of drug-likeness (QED) is 0.703. The van der Waals surface area contributed by atoms with Crippen molar-refractivity contribution in [2.45, 2.75) is 4.90 Å². The monoisotopic (exact) mass is 310 g/mol. The molecule has 108 valence electrons. The zero-order chi connectivity index (χ0) is 14.3. The SMILES string of the molecule is COCCNCCNS(=O)(=O)c1ccc(F)cc1Cl. The van der Waals surface area contributed by atoms with E-state index in [-0.39, 0.29) is 16.5 Å². The normalized spacial score (nSPS) is 11.7. The van der Waals surface area contributed by atoms with Gasteiger partial charge in [-0.15, -0.1) is 0 Å². The molecule has 0 amide bonds. The predicted molar refractivity (Wildman–Crippen MR) is 71.3 cm³/mol. The van der Waals surface area contributed by atoms with Crippen LogP contribution in [0.5, 0.6) is 0 Å². The lowest BCUT2D eigenvalue weighted by atomic mass is 10.3. The van der Waals surface area contributed by atoms with Gasteiger partial charge in [0, 0.05) is 26.7 Å². The molecule has 0 aromatic heterocycles. The molecule has 0 aliphatic carbocycles. The first-order valence-electron chi connectivity index (χ1n) is 5.62. The Bertz CT molecular complexity index is 511. The van der Waals surface area contributed by atoms with E-state index in [1.54, 1.807) is 7.11 Å². The van der Waals surface area contributed by atoms with Gasteiger partial charge in [0.2, 0.25) is 10.0 Å². The molecular formula is C11H16ClFN2O3S. The highest BCUT2D eigenvalue weighted by Crippen LogP contribution is 2.21. The molecule has 0 bridgehead atoms. The van der Waals surface area contributed by atoms with Crippen molar-refractivity contribution in [1.29, 1.82) is 0 Å². The van der Waals surface area contributed by atoms with Crippen molar-refractivity contribution >= 4 is 21.6 Å². The number of rotatable bonds is 8. The molecule has 0 heterocycles. The highest BCUT2D eigenvalue weighted by atomic mass is 35.5. The van der Waals surface area contributed by atoms with Gasteiger partial charge in [-0.3, -0.25) is 0 Å². The zero-order valence-electron chi connectivity index (χ0n) is 10.4. The summed E-state index contributed by atoms with van der Waals surface area (Å²) in [7, 11) is -2.14. The number of methoxy groups -OCH3 is 1. The van der Waals surface area contributed by atoms with Crippen LogP contribution in [0.3, 0.4) is 0 Å². The van der Waals surface area contributed by atoms with E-state index >= 15 is 0 Å². The van der Waals surface area contributed by atoms with Crippen LogP contribution in [0.1, 0.15) is 0 Å². The lowest BCUT2D eigenvalue weighted by Gasteiger charge is -2.09. The van der Waals surface area contributed by atoms with Crippen molar-refractivity contribution in [2.75, 3.05) is 33.4 Å². The Morgan fingerprint density at radius 1 is 1.32 bits per heavy atom. The van der Waals surface area contributed by atoms with Crippen LogP contribution in [0.25, 0.3) is 0 Å². The maximum absolute atomic E-state index is 12.8. The minimum absolute atomic E-state index is 0.132. The van der Waals surface area contributed by atoms with Crippen LogP contribution in [0.4, 0.5) is 4.39 Å². The molecule has 8 heteroatoms. The molecule has 0 aliphatic rings. The predicted octanol–water partition coefficient (Wildman–Crippen LogP) is 0.993. The summed E-state index contributed by atoms with van der Waals surface area (Å²) in [5, 5.41) is 2.85. The molecule has 0 spiro atoms. The second-order valence-electron chi connectivity index (χ2n) is 3.72. The maximum atomic E-state index is 12.8. The number of halogens is 2. The van der Waals surface area contributed by atoms with E-state index in [9.17, 15) is 12.8 Å². The number of sulfonamides is 1. The van der Waals surface area contributed by atoms with E-state index in [1.165, 1.54) is 0 Å². The van der Waals surface area contributed by atoms with Crippen molar-refractivity contribution < 1.29 is 17.5 Å². The Labute approximate surface area is 117 Å². The molecular weight excluding hydrogens is 295 g/mol. The largest absolute Gasteiger partial charge is 0.383 e. The second-order valence-corrected chi connectivity index (χ2v) is 5.86. The van der Waals surface area contributed by atoms with Gasteiger partial charge >= 0.3 is 0 Å². The fourth-order valence-corrected chi connectivity index (χ4v) is 2.90. The third-order valence-corrected chi connectivity index (χ3v) is 4.20. The van der Waals surface area contributed by atoms with Crippen LogP contribution in [0, 0.1) is 5.82 Å². The van der Waals surface area contributed by atoms with E-state index in [2.05, 4.69) is 10.0 Å². The van der Waals surface area contributed by atoms with E-state index < -0.39 is 15.8 Å². The summed E-state index contributed by atoms with van der Waals surface area (Å²) in [6, 6.07) is 3.16. The van der Waals surface area contributed by atoms with Crippen LogP contribution in [-0.4, -0.2) is 41.8 Å². The summed E-state index contributed by atoms with van der Waals surface area (Å²) < 4.78 is 43.8. The summed E-state index contributed by atoms with van der Waals surface area (Å²) in [6.07, 6.45) is 0. The first kappa shape index (κ1) is 16.3. The first-order chi connectivity index (χ1) is 8.97. The topological polar surface area (TPSA) is 67.4 Å². The Kier molecular flexibility index (Phi) is 6.67. The summed E-state index contributed by atoms with van der Waals surface area (Å²) in [5.41, 5.74) is 0. The molecule has 5 nitrogen and oxygen atoms in total. The van der Waals surface area contributed by atoms with Crippen molar-refractivity contribution in [2.24, 2.45) is 0 Å². The van der Waals surface area contributed by atoms with Gasteiger partial charge in [0.15, 0.2) is 0 Å². The van der Waals surface area contributed by atoms with Gasteiger partial charge in [-0.25, -0.2) is 17.5 Å². The third kappa shape index (κ3) is 5.42. The number of nitrogens with one attached hydrogen (secondary N) is 2. The van der Waals surface area contributed by atoms with Gasteiger partial charge in [0.1, 0.15) is 10.7 Å². The van der Waals surface area contributed by atoms with Gasteiger partial charge in [0.25, 0.3) is 0 Å². The van der Waals surface area contributed by atoms with Gasteiger partial charge in [0.05, 0.1) is 11.6 Å². The van der Waals surface area contributed by atoms with Crippen molar-refractivity contribution in [1.82, 2.24) is 10.0 Å². The molecule has 1 rings (SSSR count). The Hall–Kier alpha value is -0.730. The molecule has 0 unspecified atom stereocenters. The Morgan fingerprint density at radius 2 is 2.05 bits per heavy atom. The van der Waals surface area contributed by atoms with Gasteiger partial charge < -0.3 is 10.1 Å². The number of benzene rings is 1. The third-order valence-electron chi connectivity index (χ3n) is 2.26. The number of hydrogen-bond acceptors (Lipinski definition) is 4. The maximum Gasteiger partial charge on any atom is 0.242 e. The van der Waals surface area contributed by atoms with E-state index in [0.29, 0.717) is 19.7 Å². The summed E-state index contributed by atoms with van der Waals surface area (Å²) in [6.45, 7) is 1.85. The average molecular weight is 311 g/mol. The highest BCUT2D eigenvalue weighted by molar-refractivity contribution is 7.89. The van der Waals surface area contributed by atoms with Crippen LogP contribution >= 0.6 is 11.6 Å². The minimum atomic E-state index is -3.72. The molecule has 1 aromatic rings. The standard InChI is InChI=1S/C11H16ClFN2O3S/c1-18-7-6-14-4-5-15-19(16,17)11-3-2-9(13)8-10(11)12/h2-3,8,14-15H,4-7H2,1H3.